The highest BCUT2D eigenvalue weighted by atomic mass is 79.9. The van der Waals surface area contributed by atoms with E-state index in [4.69, 9.17) is 0 Å². The second-order valence-electron chi connectivity index (χ2n) is 5.81. The monoisotopic (exact) mass is 426 g/mol. The second kappa shape index (κ2) is 9.09. The van der Waals surface area contributed by atoms with Crippen molar-refractivity contribution < 1.29 is 4.79 Å². The summed E-state index contributed by atoms with van der Waals surface area (Å²) in [7, 11) is 0. The van der Waals surface area contributed by atoms with Crippen LogP contribution < -0.4 is 16.0 Å². The quantitative estimate of drug-likeness (QED) is 0.500. The molecule has 0 saturated carbocycles. The highest BCUT2D eigenvalue weighted by molar-refractivity contribution is 9.10. The summed E-state index contributed by atoms with van der Waals surface area (Å²) in [4.78, 5) is 16.4. The van der Waals surface area contributed by atoms with E-state index in [1.807, 2.05) is 49.4 Å². The maximum Gasteiger partial charge on any atom is 0.252 e. The van der Waals surface area contributed by atoms with Crippen molar-refractivity contribution in [2.45, 2.75) is 6.92 Å². The average molecular weight is 427 g/mol. The zero-order valence-corrected chi connectivity index (χ0v) is 16.3. The minimum Gasteiger partial charge on any atom is -0.367 e. The van der Waals surface area contributed by atoms with Crippen molar-refractivity contribution in [3.63, 3.8) is 0 Å². The van der Waals surface area contributed by atoms with E-state index in [0.717, 1.165) is 10.0 Å². The van der Waals surface area contributed by atoms with Crippen molar-refractivity contribution in [1.82, 2.24) is 20.5 Å². The van der Waals surface area contributed by atoms with Gasteiger partial charge in [0.25, 0.3) is 5.91 Å². The number of aromatic nitrogens is 3. The molecule has 1 aromatic carbocycles. The van der Waals surface area contributed by atoms with Crippen molar-refractivity contribution >= 4 is 39.3 Å². The maximum absolute atomic E-state index is 12.1. The summed E-state index contributed by atoms with van der Waals surface area (Å²) in [5.41, 5.74) is 1.70. The van der Waals surface area contributed by atoms with Crippen molar-refractivity contribution in [2.75, 3.05) is 23.7 Å². The summed E-state index contributed by atoms with van der Waals surface area (Å²) in [6.45, 7) is 2.99. The van der Waals surface area contributed by atoms with Gasteiger partial charge >= 0.3 is 0 Å². The van der Waals surface area contributed by atoms with Crippen molar-refractivity contribution in [2.24, 2.45) is 0 Å². The number of nitrogens with zero attached hydrogens (tertiary/aromatic N) is 3. The summed E-state index contributed by atoms with van der Waals surface area (Å²) in [6.07, 6.45) is 1.79. The molecule has 138 valence electrons. The summed E-state index contributed by atoms with van der Waals surface area (Å²) in [5, 5.41) is 17.3. The molecule has 7 nitrogen and oxygen atoms in total. The molecule has 0 aliphatic carbocycles. The zero-order valence-electron chi connectivity index (χ0n) is 14.7. The molecule has 0 aliphatic heterocycles. The number of carbonyl (C=O) groups excluding carboxylic acids is 1. The lowest BCUT2D eigenvalue weighted by Gasteiger charge is -2.09. The first-order valence-corrected chi connectivity index (χ1v) is 9.21. The molecule has 0 saturated heterocycles. The summed E-state index contributed by atoms with van der Waals surface area (Å²) in [5.74, 6) is 1.83. The average Bonchev–Trinajstić information content (AvgIpc) is 2.68. The van der Waals surface area contributed by atoms with E-state index >= 15 is 0 Å². The van der Waals surface area contributed by atoms with Crippen LogP contribution in [0.3, 0.4) is 0 Å². The van der Waals surface area contributed by atoms with Crippen LogP contribution in [0.5, 0.6) is 0 Å². The maximum atomic E-state index is 12.1. The minimum absolute atomic E-state index is 0.125. The molecule has 0 aliphatic rings. The summed E-state index contributed by atoms with van der Waals surface area (Å²) >= 11 is 3.37. The SMILES string of the molecule is Cc1ccc(Nc2ccc(NCCNC(=O)c3ccccc3Br)nn2)nc1. The third-order valence-corrected chi connectivity index (χ3v) is 4.36. The van der Waals surface area contributed by atoms with Gasteiger partial charge in [-0.1, -0.05) is 18.2 Å². The van der Waals surface area contributed by atoms with E-state index < -0.39 is 0 Å². The number of benzene rings is 1. The molecule has 2 aromatic heterocycles. The topological polar surface area (TPSA) is 91.8 Å². The second-order valence-corrected chi connectivity index (χ2v) is 6.67. The zero-order chi connectivity index (χ0) is 19.1. The third-order valence-electron chi connectivity index (χ3n) is 3.67. The number of carbonyl (C=O) groups is 1. The van der Waals surface area contributed by atoms with Crippen LogP contribution in [0.25, 0.3) is 0 Å². The Balaban J connectivity index is 1.44. The lowest BCUT2D eigenvalue weighted by molar-refractivity contribution is 0.0954. The van der Waals surface area contributed by atoms with Gasteiger partial charge in [0, 0.05) is 23.8 Å². The summed E-state index contributed by atoms with van der Waals surface area (Å²) in [6, 6.07) is 14.8. The number of rotatable bonds is 7. The molecule has 8 heteroatoms. The number of amides is 1. The number of aryl methyl sites for hydroxylation is 1. The Morgan fingerprint density at radius 3 is 2.41 bits per heavy atom. The van der Waals surface area contributed by atoms with Gasteiger partial charge in [-0.2, -0.15) is 0 Å². The van der Waals surface area contributed by atoms with E-state index in [9.17, 15) is 4.79 Å². The fraction of sp³-hybridized carbons (Fsp3) is 0.158. The number of anilines is 3. The number of hydrogen-bond donors (Lipinski definition) is 3. The van der Waals surface area contributed by atoms with Crippen LogP contribution in [0, 0.1) is 6.92 Å². The number of pyridine rings is 1. The molecule has 0 unspecified atom stereocenters. The van der Waals surface area contributed by atoms with Crippen LogP contribution >= 0.6 is 15.9 Å². The first-order chi connectivity index (χ1) is 13.1. The fourth-order valence-electron chi connectivity index (χ4n) is 2.27. The number of halogens is 1. The van der Waals surface area contributed by atoms with Crippen LogP contribution in [0.1, 0.15) is 15.9 Å². The molecule has 0 atom stereocenters. The fourth-order valence-corrected chi connectivity index (χ4v) is 2.74. The van der Waals surface area contributed by atoms with Gasteiger partial charge in [0.1, 0.15) is 11.6 Å². The molecule has 3 N–H and O–H groups in total. The predicted molar refractivity (Wildman–Crippen MR) is 109 cm³/mol. The largest absolute Gasteiger partial charge is 0.367 e. The first kappa shape index (κ1) is 18.8. The number of nitrogens with one attached hydrogen (secondary N) is 3. The van der Waals surface area contributed by atoms with Crippen molar-refractivity contribution in [3.8, 4) is 0 Å². The first-order valence-electron chi connectivity index (χ1n) is 8.42. The van der Waals surface area contributed by atoms with Crippen LogP contribution in [0.4, 0.5) is 17.5 Å². The van der Waals surface area contributed by atoms with Crippen molar-refractivity contribution in [1.29, 1.82) is 0 Å². The Hall–Kier alpha value is -3.00. The van der Waals surface area contributed by atoms with Crippen LogP contribution in [0.15, 0.2) is 59.2 Å². The highest BCUT2D eigenvalue weighted by Crippen LogP contribution is 2.15. The van der Waals surface area contributed by atoms with Crippen LogP contribution in [-0.2, 0) is 0 Å². The molecule has 3 aromatic rings. The molecule has 27 heavy (non-hydrogen) atoms. The molecule has 0 fully saturated rings. The van der Waals surface area contributed by atoms with Crippen LogP contribution in [-0.4, -0.2) is 34.2 Å². The van der Waals surface area contributed by atoms with Gasteiger partial charge < -0.3 is 16.0 Å². The third kappa shape index (κ3) is 5.49. The lowest BCUT2D eigenvalue weighted by atomic mass is 10.2. The lowest BCUT2D eigenvalue weighted by Crippen LogP contribution is -2.29. The number of hydrogen-bond acceptors (Lipinski definition) is 6. The van der Waals surface area contributed by atoms with E-state index in [1.54, 1.807) is 12.3 Å². The van der Waals surface area contributed by atoms with Gasteiger partial charge in [-0.05, 0) is 58.7 Å². The van der Waals surface area contributed by atoms with Gasteiger partial charge in [0.15, 0.2) is 5.82 Å². The Morgan fingerprint density at radius 2 is 1.70 bits per heavy atom. The molecule has 0 bridgehead atoms. The van der Waals surface area contributed by atoms with E-state index in [2.05, 4.69) is 47.1 Å². The smallest absolute Gasteiger partial charge is 0.252 e. The van der Waals surface area contributed by atoms with Gasteiger partial charge in [0.05, 0.1) is 5.56 Å². The molecule has 0 spiro atoms. The highest BCUT2D eigenvalue weighted by Gasteiger charge is 2.08. The summed E-state index contributed by atoms with van der Waals surface area (Å²) < 4.78 is 0.771. The van der Waals surface area contributed by atoms with Gasteiger partial charge in [-0.15, -0.1) is 10.2 Å². The van der Waals surface area contributed by atoms with E-state index in [1.165, 1.54) is 0 Å². The van der Waals surface area contributed by atoms with E-state index in [-0.39, 0.29) is 5.91 Å². The molecule has 0 radical (unpaired) electrons. The Labute approximate surface area is 165 Å². The van der Waals surface area contributed by atoms with Gasteiger partial charge in [0.2, 0.25) is 0 Å². The molecule has 1 amide bonds. The molecular weight excluding hydrogens is 408 g/mol. The van der Waals surface area contributed by atoms with Crippen molar-refractivity contribution in [3.05, 3.63) is 70.3 Å². The standard InChI is InChI=1S/C19H19BrN6O/c1-13-6-7-16(23-12-13)24-18-9-8-17(25-26-18)21-10-11-22-19(27)14-4-2-3-5-15(14)20/h2-9,12H,10-11H2,1H3,(H,21,25)(H,22,27)(H,23,24,26). The Bertz CT molecular complexity index is 899. The Kier molecular flexibility index (Phi) is 6.32. The normalized spacial score (nSPS) is 10.3. The molecule has 3 rings (SSSR count). The minimum atomic E-state index is -0.125. The van der Waals surface area contributed by atoms with Gasteiger partial charge in [-0.25, -0.2) is 4.98 Å². The van der Waals surface area contributed by atoms with Gasteiger partial charge in [-0.3, -0.25) is 4.79 Å². The molecule has 2 heterocycles. The molecular formula is C19H19BrN6O. The predicted octanol–water partition coefficient (Wildman–Crippen LogP) is 3.53. The van der Waals surface area contributed by atoms with E-state index in [0.29, 0.717) is 36.1 Å². The Morgan fingerprint density at radius 1 is 0.963 bits per heavy atom. The van der Waals surface area contributed by atoms with Crippen LogP contribution in [0.2, 0.25) is 0 Å².